The molecule has 26 heavy (non-hydrogen) atoms. The van der Waals surface area contributed by atoms with E-state index in [1.165, 1.54) is 24.4 Å². The molecule has 2 heterocycles. The fourth-order valence-corrected chi connectivity index (χ4v) is 3.19. The topological polar surface area (TPSA) is 77.0 Å². The van der Waals surface area contributed by atoms with Crippen LogP contribution < -0.4 is 15.5 Å². The number of benzene rings is 1. The number of halogens is 1. The molecule has 0 aliphatic carbocycles. The molecule has 2 fully saturated rings. The van der Waals surface area contributed by atoms with Gasteiger partial charge in [0.15, 0.2) is 11.0 Å². The summed E-state index contributed by atoms with van der Waals surface area (Å²) >= 11 is 5.05. The van der Waals surface area contributed by atoms with Crippen molar-refractivity contribution in [3.8, 4) is 0 Å². The molecule has 9 heteroatoms. The van der Waals surface area contributed by atoms with Crippen molar-refractivity contribution in [2.45, 2.75) is 0 Å². The average Bonchev–Trinajstić information content (AvgIpc) is 2.63. The molecule has 0 unspecified atom stereocenters. The Bertz CT molecular complexity index is 736. The summed E-state index contributed by atoms with van der Waals surface area (Å²) in [4.78, 5) is 32.3. The molecule has 2 N–H and O–H groups in total. The smallest absolute Gasteiger partial charge is 0.251 e. The van der Waals surface area contributed by atoms with Gasteiger partial charge in [0, 0.05) is 38.9 Å². The lowest BCUT2D eigenvalue weighted by Crippen LogP contribution is -2.58. The number of hydrogen-bond donors (Lipinski definition) is 2. The van der Waals surface area contributed by atoms with E-state index in [0.717, 1.165) is 37.6 Å². The van der Waals surface area contributed by atoms with Gasteiger partial charge in [0.05, 0.1) is 12.2 Å². The van der Waals surface area contributed by atoms with Gasteiger partial charge in [-0.25, -0.2) is 4.39 Å². The largest absolute Gasteiger partial charge is 0.314 e. The first-order chi connectivity index (χ1) is 12.6. The van der Waals surface area contributed by atoms with E-state index < -0.39 is 23.5 Å². The van der Waals surface area contributed by atoms with Crippen LogP contribution in [0, 0.1) is 11.7 Å². The predicted octanol–water partition coefficient (Wildman–Crippen LogP) is 0.166. The molecule has 1 aromatic rings. The van der Waals surface area contributed by atoms with Crippen LogP contribution in [0.5, 0.6) is 0 Å². The molecule has 2 aliphatic heterocycles. The Balaban J connectivity index is 1.67. The van der Waals surface area contributed by atoms with E-state index in [4.69, 9.17) is 12.2 Å². The molecule has 0 aromatic heterocycles. The monoisotopic (exact) mass is 377 g/mol. The van der Waals surface area contributed by atoms with Gasteiger partial charge in [0.1, 0.15) is 5.82 Å². The van der Waals surface area contributed by atoms with E-state index >= 15 is 0 Å². The van der Waals surface area contributed by atoms with Gasteiger partial charge >= 0.3 is 0 Å². The third-order valence-electron chi connectivity index (χ3n) is 4.30. The van der Waals surface area contributed by atoms with E-state index in [1.807, 2.05) is 0 Å². The second-order valence-corrected chi connectivity index (χ2v) is 6.43. The molecule has 7 nitrogen and oxygen atoms in total. The zero-order valence-corrected chi connectivity index (χ0v) is 15.0. The molecule has 2 amide bonds. The number of nitrogens with zero attached hydrogens (tertiary/aromatic N) is 3. The average molecular weight is 377 g/mol. The lowest BCUT2D eigenvalue weighted by Gasteiger charge is -2.31. The maximum atomic E-state index is 14.0. The van der Waals surface area contributed by atoms with Gasteiger partial charge < -0.3 is 10.6 Å². The standard InChI is InChI=1S/C17H20FN5O2S/c18-13-3-1-2-4-14(13)23-16(25)12(15(24)21-17(23)26)11-20-7-10-22-8-5-19-6-9-22/h1-4,11-12,19H,5-10H2,(H,21,24,26)/t12-/m1/s1. The van der Waals surface area contributed by atoms with E-state index in [2.05, 4.69) is 20.5 Å². The minimum absolute atomic E-state index is 0.0155. The lowest BCUT2D eigenvalue weighted by atomic mass is 10.1. The highest BCUT2D eigenvalue weighted by Crippen LogP contribution is 2.23. The van der Waals surface area contributed by atoms with Crippen molar-refractivity contribution in [1.82, 2.24) is 15.5 Å². The van der Waals surface area contributed by atoms with Gasteiger partial charge in [0.25, 0.3) is 5.91 Å². The summed E-state index contributed by atoms with van der Waals surface area (Å²) in [6.07, 6.45) is 1.33. The van der Waals surface area contributed by atoms with Crippen LogP contribution in [-0.2, 0) is 9.59 Å². The number of anilines is 1. The normalized spacial score (nSPS) is 22.1. The van der Waals surface area contributed by atoms with Crippen LogP contribution in [-0.4, -0.2) is 67.3 Å². The van der Waals surface area contributed by atoms with E-state index in [9.17, 15) is 14.0 Å². The Kier molecular flexibility index (Phi) is 6.02. The zero-order chi connectivity index (χ0) is 18.5. The van der Waals surface area contributed by atoms with Crippen LogP contribution in [0.4, 0.5) is 10.1 Å². The quantitative estimate of drug-likeness (QED) is 0.435. The second-order valence-electron chi connectivity index (χ2n) is 6.04. The van der Waals surface area contributed by atoms with Crippen LogP contribution in [0.2, 0.25) is 0 Å². The molecule has 138 valence electrons. The highest BCUT2D eigenvalue weighted by molar-refractivity contribution is 7.80. The third kappa shape index (κ3) is 4.12. The first-order valence-corrected chi connectivity index (χ1v) is 8.85. The number of piperazine rings is 1. The number of aliphatic imine (C=N–C) groups is 1. The summed E-state index contributed by atoms with van der Waals surface area (Å²) in [5, 5.41) is 5.59. The minimum Gasteiger partial charge on any atom is -0.314 e. The predicted molar refractivity (Wildman–Crippen MR) is 101 cm³/mol. The number of nitrogens with one attached hydrogen (secondary N) is 2. The van der Waals surface area contributed by atoms with Crippen molar-refractivity contribution < 1.29 is 14.0 Å². The second kappa shape index (κ2) is 8.43. The fourth-order valence-electron chi connectivity index (χ4n) is 2.90. The van der Waals surface area contributed by atoms with Crippen molar-refractivity contribution in [3.63, 3.8) is 0 Å². The van der Waals surface area contributed by atoms with Crippen LogP contribution in [0.1, 0.15) is 0 Å². The number of hydrogen-bond acceptors (Lipinski definition) is 6. The maximum Gasteiger partial charge on any atom is 0.251 e. The van der Waals surface area contributed by atoms with Crippen molar-refractivity contribution in [2.24, 2.45) is 10.9 Å². The first kappa shape index (κ1) is 18.6. The van der Waals surface area contributed by atoms with Gasteiger partial charge in [0.2, 0.25) is 5.91 Å². The number of amides is 2. The van der Waals surface area contributed by atoms with Crippen LogP contribution in [0.25, 0.3) is 0 Å². The summed E-state index contributed by atoms with van der Waals surface area (Å²) in [6.45, 7) is 5.04. The zero-order valence-electron chi connectivity index (χ0n) is 14.2. The van der Waals surface area contributed by atoms with Crippen molar-refractivity contribution in [3.05, 3.63) is 30.1 Å². The maximum absolute atomic E-state index is 14.0. The molecule has 2 saturated heterocycles. The van der Waals surface area contributed by atoms with Gasteiger partial charge in [-0.3, -0.25) is 24.4 Å². The van der Waals surface area contributed by atoms with Gasteiger partial charge in [-0.1, -0.05) is 12.1 Å². The van der Waals surface area contributed by atoms with Crippen molar-refractivity contribution in [1.29, 1.82) is 0 Å². The highest BCUT2D eigenvalue weighted by Gasteiger charge is 2.39. The summed E-state index contributed by atoms with van der Waals surface area (Å²) in [7, 11) is 0. The van der Waals surface area contributed by atoms with Gasteiger partial charge in [-0.2, -0.15) is 0 Å². The fraction of sp³-hybridized carbons (Fsp3) is 0.412. The molecule has 0 bridgehead atoms. The summed E-state index contributed by atoms with van der Waals surface area (Å²) in [6, 6.07) is 5.79. The van der Waals surface area contributed by atoms with E-state index in [-0.39, 0.29) is 10.8 Å². The summed E-state index contributed by atoms with van der Waals surface area (Å²) in [5.41, 5.74) is 0.0155. The molecular formula is C17H20FN5O2S. The summed E-state index contributed by atoms with van der Waals surface area (Å²) < 4.78 is 14.0. The van der Waals surface area contributed by atoms with E-state index in [1.54, 1.807) is 6.07 Å². The van der Waals surface area contributed by atoms with Crippen LogP contribution in [0.3, 0.4) is 0 Å². The number of carbonyl (C=O) groups excluding carboxylic acids is 2. The molecule has 0 spiro atoms. The minimum atomic E-state index is -1.12. The number of carbonyl (C=O) groups is 2. The summed E-state index contributed by atoms with van der Waals surface area (Å²) in [5.74, 6) is -2.86. The first-order valence-electron chi connectivity index (χ1n) is 8.44. The van der Waals surface area contributed by atoms with Gasteiger partial charge in [-0.15, -0.1) is 0 Å². The Morgan fingerprint density at radius 2 is 2.00 bits per heavy atom. The van der Waals surface area contributed by atoms with Crippen molar-refractivity contribution >= 4 is 41.0 Å². The van der Waals surface area contributed by atoms with E-state index in [0.29, 0.717) is 6.54 Å². The molecular weight excluding hydrogens is 357 g/mol. The molecule has 0 radical (unpaired) electrons. The van der Waals surface area contributed by atoms with Crippen LogP contribution in [0.15, 0.2) is 29.3 Å². The number of rotatable bonds is 5. The molecule has 0 saturated carbocycles. The molecule has 2 aliphatic rings. The SMILES string of the molecule is O=C1NC(=S)N(c2ccccc2F)C(=O)[C@@H]1C=NCCN1CCNCC1. The highest BCUT2D eigenvalue weighted by atomic mass is 32.1. The molecule has 1 aromatic carbocycles. The Labute approximate surface area is 156 Å². The molecule has 1 atom stereocenters. The Hall–Kier alpha value is -2.23. The number of thiocarbonyl (C=S) groups is 1. The Morgan fingerprint density at radius 3 is 2.73 bits per heavy atom. The van der Waals surface area contributed by atoms with Crippen LogP contribution >= 0.6 is 12.2 Å². The Morgan fingerprint density at radius 1 is 1.27 bits per heavy atom. The van der Waals surface area contributed by atoms with Crippen molar-refractivity contribution in [2.75, 3.05) is 44.2 Å². The third-order valence-corrected chi connectivity index (χ3v) is 4.59. The lowest BCUT2D eigenvalue weighted by molar-refractivity contribution is -0.130. The van der Waals surface area contributed by atoms with Gasteiger partial charge in [-0.05, 0) is 24.4 Å². The number of para-hydroxylation sites is 1. The molecule has 3 rings (SSSR count).